The molecule has 0 aromatic carbocycles. The van der Waals surface area contributed by atoms with Crippen LogP contribution >= 0.6 is 0 Å². The maximum atomic E-state index is 10.2. The summed E-state index contributed by atoms with van der Waals surface area (Å²) in [5.74, 6) is 2.94. The predicted molar refractivity (Wildman–Crippen MR) is 122 cm³/mol. The molecule has 3 fully saturated rings. The predicted octanol–water partition coefficient (Wildman–Crippen LogP) is 5.68. The van der Waals surface area contributed by atoms with Gasteiger partial charge in [0.2, 0.25) is 0 Å². The Bertz CT molecular complexity index is 654. The van der Waals surface area contributed by atoms with Crippen molar-refractivity contribution >= 4 is 0 Å². The first kappa shape index (κ1) is 22.8. The van der Waals surface area contributed by atoms with Crippen molar-refractivity contribution in [1.82, 2.24) is 0 Å². The molecule has 0 radical (unpaired) electrons. The van der Waals surface area contributed by atoms with Crippen LogP contribution in [-0.2, 0) is 0 Å². The quantitative estimate of drug-likeness (QED) is 0.384. The highest BCUT2D eigenvalue weighted by Gasteiger charge is 2.59. The summed E-state index contributed by atoms with van der Waals surface area (Å²) in [6, 6.07) is 0. The zero-order valence-electron chi connectivity index (χ0n) is 19.9. The summed E-state index contributed by atoms with van der Waals surface area (Å²) in [4.78, 5) is 0. The van der Waals surface area contributed by atoms with E-state index >= 15 is 0 Å². The third-order valence-corrected chi connectivity index (χ3v) is 10.6. The molecule has 30 heavy (non-hydrogen) atoms. The molecule has 3 saturated carbocycles. The molecule has 0 bridgehead atoms. The smallest absolute Gasteiger partial charge is 0.166 e. The van der Waals surface area contributed by atoms with E-state index in [2.05, 4.69) is 33.8 Å². The molecule has 172 valence electrons. The Morgan fingerprint density at radius 3 is 2.50 bits per heavy atom. The molecule has 0 unspecified atom stereocenters. The second-order valence-electron chi connectivity index (χ2n) is 12.3. The first-order valence-corrected chi connectivity index (χ1v) is 12.9. The van der Waals surface area contributed by atoms with E-state index in [-0.39, 0.29) is 5.41 Å². The zero-order chi connectivity index (χ0) is 21.7. The summed E-state index contributed by atoms with van der Waals surface area (Å²) in [7, 11) is 0. The zero-order valence-corrected chi connectivity index (χ0v) is 19.9. The van der Waals surface area contributed by atoms with E-state index in [1.54, 1.807) is 0 Å². The largest absolute Gasteiger partial charge is 0.396 e. The van der Waals surface area contributed by atoms with Crippen molar-refractivity contribution in [2.75, 3.05) is 6.61 Å². The van der Waals surface area contributed by atoms with Gasteiger partial charge in [-0.25, -0.2) is 0 Å². The van der Waals surface area contributed by atoms with Gasteiger partial charge < -0.3 is 15.3 Å². The molecule has 4 aliphatic rings. The van der Waals surface area contributed by atoms with Crippen LogP contribution in [0.3, 0.4) is 0 Å². The van der Waals surface area contributed by atoms with Gasteiger partial charge in [0.15, 0.2) is 5.79 Å². The number of aliphatic hydroxyl groups is 3. The Morgan fingerprint density at radius 1 is 1.00 bits per heavy atom. The lowest BCUT2D eigenvalue weighted by molar-refractivity contribution is -0.189. The molecular weight excluding hydrogens is 372 g/mol. The van der Waals surface area contributed by atoms with Crippen LogP contribution in [-0.4, -0.2) is 27.7 Å². The van der Waals surface area contributed by atoms with Crippen molar-refractivity contribution in [3.05, 3.63) is 11.6 Å². The number of aliphatic hydroxyl groups excluding tert-OH is 1. The number of hydrogen-bond acceptors (Lipinski definition) is 3. The molecule has 0 heterocycles. The third kappa shape index (κ3) is 3.82. The van der Waals surface area contributed by atoms with E-state index in [1.165, 1.54) is 44.1 Å². The topological polar surface area (TPSA) is 60.7 Å². The molecule has 3 heteroatoms. The van der Waals surface area contributed by atoms with Crippen LogP contribution < -0.4 is 0 Å². The average Bonchev–Trinajstić information content (AvgIpc) is 3.05. The number of hydrogen-bond donors (Lipinski definition) is 3. The molecule has 3 nitrogen and oxygen atoms in total. The maximum absolute atomic E-state index is 10.2. The molecule has 4 rings (SSSR count). The van der Waals surface area contributed by atoms with E-state index in [1.807, 2.05) is 0 Å². The van der Waals surface area contributed by atoms with Gasteiger partial charge in [-0.05, 0) is 91.3 Å². The van der Waals surface area contributed by atoms with E-state index in [9.17, 15) is 15.3 Å². The van der Waals surface area contributed by atoms with Crippen LogP contribution in [0.15, 0.2) is 11.6 Å². The minimum atomic E-state index is -1.48. The highest BCUT2D eigenvalue weighted by molar-refractivity contribution is 5.26. The lowest BCUT2D eigenvalue weighted by Crippen LogP contribution is -2.52. The summed E-state index contributed by atoms with van der Waals surface area (Å²) in [6.45, 7) is 10.0. The lowest BCUT2D eigenvalue weighted by atomic mass is 9.46. The minimum Gasteiger partial charge on any atom is -0.396 e. The van der Waals surface area contributed by atoms with Gasteiger partial charge in [-0.2, -0.15) is 0 Å². The summed E-state index contributed by atoms with van der Waals surface area (Å²) < 4.78 is 0. The van der Waals surface area contributed by atoms with Crippen molar-refractivity contribution in [3.63, 3.8) is 0 Å². The van der Waals surface area contributed by atoms with Gasteiger partial charge >= 0.3 is 0 Å². The second kappa shape index (κ2) is 8.19. The fourth-order valence-corrected chi connectivity index (χ4v) is 8.69. The maximum Gasteiger partial charge on any atom is 0.166 e. The van der Waals surface area contributed by atoms with Crippen LogP contribution in [0.5, 0.6) is 0 Å². The van der Waals surface area contributed by atoms with Crippen molar-refractivity contribution in [3.8, 4) is 0 Å². The fourth-order valence-electron chi connectivity index (χ4n) is 8.69. The monoisotopic (exact) mass is 418 g/mol. The Morgan fingerprint density at radius 2 is 1.77 bits per heavy atom. The highest BCUT2D eigenvalue weighted by Crippen LogP contribution is 2.67. The van der Waals surface area contributed by atoms with Gasteiger partial charge in [0.1, 0.15) is 0 Å². The van der Waals surface area contributed by atoms with Crippen molar-refractivity contribution in [2.24, 2.45) is 46.3 Å². The highest BCUT2D eigenvalue weighted by atomic mass is 16.5. The Hall–Kier alpha value is -0.380. The summed E-state index contributed by atoms with van der Waals surface area (Å²) in [5.41, 5.74) is 2.00. The summed E-state index contributed by atoms with van der Waals surface area (Å²) in [6.07, 6.45) is 14.7. The fraction of sp³-hybridized carbons (Fsp3) is 0.926. The van der Waals surface area contributed by atoms with Gasteiger partial charge in [0.25, 0.3) is 0 Å². The number of rotatable bonds is 6. The summed E-state index contributed by atoms with van der Waals surface area (Å²) >= 11 is 0. The molecule has 0 aliphatic heterocycles. The van der Waals surface area contributed by atoms with Gasteiger partial charge in [-0.3, -0.25) is 0 Å². The summed E-state index contributed by atoms with van der Waals surface area (Å²) in [5, 5.41) is 29.8. The number of fused-ring (bicyclic) bond motifs is 5. The normalized spacial score (nSPS) is 44.4. The van der Waals surface area contributed by atoms with Crippen LogP contribution in [0.25, 0.3) is 0 Å². The Balaban J connectivity index is 1.47. The van der Waals surface area contributed by atoms with Crippen molar-refractivity contribution in [1.29, 1.82) is 0 Å². The molecule has 0 spiro atoms. The van der Waals surface area contributed by atoms with Gasteiger partial charge in [0.05, 0.1) is 0 Å². The minimum absolute atomic E-state index is 0.184. The van der Waals surface area contributed by atoms with E-state index < -0.39 is 5.79 Å². The first-order valence-electron chi connectivity index (χ1n) is 12.9. The number of allylic oxidation sites excluding steroid dienone is 1. The van der Waals surface area contributed by atoms with Gasteiger partial charge in [-0.15, -0.1) is 0 Å². The SMILES string of the molecule is C[C@H](CO)CCC[C@@H](C)[C@H]1CC[C@H]2[C@@H]3CC=C4CC(O)(O)CC[C@]4(C)[C@H]3CC[C@]12C. The van der Waals surface area contributed by atoms with E-state index in [4.69, 9.17) is 0 Å². The van der Waals surface area contributed by atoms with E-state index in [0.29, 0.717) is 30.8 Å². The van der Waals surface area contributed by atoms with Crippen LogP contribution in [0, 0.1) is 46.3 Å². The van der Waals surface area contributed by atoms with Crippen molar-refractivity contribution < 1.29 is 15.3 Å². The average molecular weight is 419 g/mol. The molecule has 0 aromatic heterocycles. The second-order valence-corrected chi connectivity index (χ2v) is 12.3. The first-order chi connectivity index (χ1) is 14.1. The Kier molecular flexibility index (Phi) is 6.23. The van der Waals surface area contributed by atoms with Gasteiger partial charge in [0, 0.05) is 19.4 Å². The van der Waals surface area contributed by atoms with Gasteiger partial charge in [-0.1, -0.05) is 52.2 Å². The molecular formula is C27H46O3. The van der Waals surface area contributed by atoms with Crippen molar-refractivity contribution in [2.45, 2.75) is 104 Å². The Labute approximate surface area is 184 Å². The lowest BCUT2D eigenvalue weighted by Gasteiger charge is -2.59. The molecule has 0 amide bonds. The molecule has 4 aliphatic carbocycles. The molecule has 8 atom stereocenters. The molecule has 0 aromatic rings. The van der Waals surface area contributed by atoms with Crippen LogP contribution in [0.1, 0.15) is 98.3 Å². The molecule has 0 saturated heterocycles. The van der Waals surface area contributed by atoms with Crippen LogP contribution in [0.4, 0.5) is 0 Å². The molecule has 3 N–H and O–H groups in total. The van der Waals surface area contributed by atoms with E-state index in [0.717, 1.165) is 48.9 Å². The van der Waals surface area contributed by atoms with Crippen LogP contribution in [0.2, 0.25) is 0 Å². The standard InChI is InChI=1S/C27H46O3/c1-18(17-28)6-5-7-19(2)22-10-11-23-21-9-8-20-16-27(29,30)15-14-25(20,3)24(21)12-13-26(22,23)4/h8,18-19,21-24,28-30H,5-7,9-17H2,1-4H3/t18-,19+,21-,22+,23-,24-,25-,26+/m0/s1. The third-order valence-electron chi connectivity index (χ3n) is 10.6.